The third-order valence-electron chi connectivity index (χ3n) is 4.37. The second-order valence-electron chi connectivity index (χ2n) is 6.15. The molecule has 1 aliphatic heterocycles. The van der Waals surface area contributed by atoms with Crippen LogP contribution in [0.15, 0.2) is 46.0 Å². The van der Waals surface area contributed by atoms with Gasteiger partial charge in [0.2, 0.25) is 0 Å². The van der Waals surface area contributed by atoms with Gasteiger partial charge in [0.1, 0.15) is 10.0 Å². The van der Waals surface area contributed by atoms with E-state index in [1.807, 2.05) is 0 Å². The number of halogens is 1. The second kappa shape index (κ2) is 8.28. The van der Waals surface area contributed by atoms with E-state index in [-0.39, 0.29) is 22.9 Å². The molecule has 0 N–H and O–H groups in total. The van der Waals surface area contributed by atoms with Crippen molar-refractivity contribution in [1.29, 1.82) is 0 Å². The summed E-state index contributed by atoms with van der Waals surface area (Å²) >= 11 is 1.16. The van der Waals surface area contributed by atoms with Crippen molar-refractivity contribution in [2.75, 3.05) is 19.7 Å². The van der Waals surface area contributed by atoms with Gasteiger partial charge >= 0.3 is 5.97 Å². The number of carbonyl (C=O) groups is 2. The van der Waals surface area contributed by atoms with E-state index in [0.29, 0.717) is 12.8 Å². The van der Waals surface area contributed by atoms with Crippen LogP contribution in [0.2, 0.25) is 0 Å². The lowest BCUT2D eigenvalue weighted by atomic mass is 9.98. The molecular formula is C18H18FNO5S2. The third-order valence-corrected chi connectivity index (χ3v) is 7.64. The maximum absolute atomic E-state index is 13.1. The van der Waals surface area contributed by atoms with Gasteiger partial charge in [-0.15, -0.1) is 11.3 Å². The number of benzene rings is 1. The van der Waals surface area contributed by atoms with Gasteiger partial charge in [0, 0.05) is 18.7 Å². The first-order valence-electron chi connectivity index (χ1n) is 8.37. The van der Waals surface area contributed by atoms with Gasteiger partial charge in [0.25, 0.3) is 10.0 Å². The molecule has 1 fully saturated rings. The molecule has 0 bridgehead atoms. The van der Waals surface area contributed by atoms with Crippen LogP contribution in [0, 0.1) is 11.7 Å². The number of Topliss-reactive ketones (excluding diaryl/α,β-unsaturated/α-hetero) is 1. The Morgan fingerprint density at radius 1 is 1.19 bits per heavy atom. The maximum Gasteiger partial charge on any atom is 0.309 e. The van der Waals surface area contributed by atoms with E-state index in [2.05, 4.69) is 0 Å². The van der Waals surface area contributed by atoms with Gasteiger partial charge < -0.3 is 4.74 Å². The van der Waals surface area contributed by atoms with Crippen molar-refractivity contribution >= 4 is 33.1 Å². The van der Waals surface area contributed by atoms with Crippen LogP contribution in [-0.2, 0) is 19.6 Å². The second-order valence-corrected chi connectivity index (χ2v) is 9.26. The van der Waals surface area contributed by atoms with Crippen molar-refractivity contribution in [3.8, 4) is 0 Å². The maximum atomic E-state index is 13.1. The summed E-state index contributed by atoms with van der Waals surface area (Å²) in [5.41, 5.74) is 0.139. The van der Waals surface area contributed by atoms with Crippen LogP contribution in [0.5, 0.6) is 0 Å². The first-order chi connectivity index (χ1) is 12.9. The molecule has 0 radical (unpaired) electrons. The molecular weight excluding hydrogens is 393 g/mol. The molecule has 0 atom stereocenters. The monoisotopic (exact) mass is 411 g/mol. The summed E-state index contributed by atoms with van der Waals surface area (Å²) in [6.07, 6.45) is 0.662. The van der Waals surface area contributed by atoms with Crippen molar-refractivity contribution in [3.63, 3.8) is 0 Å². The molecule has 0 unspecified atom stereocenters. The lowest BCUT2D eigenvalue weighted by Gasteiger charge is -2.29. The van der Waals surface area contributed by atoms with E-state index in [9.17, 15) is 22.4 Å². The lowest BCUT2D eigenvalue weighted by molar-refractivity contribution is -0.148. The Bertz CT molecular complexity index is 919. The number of ketones is 1. The van der Waals surface area contributed by atoms with Gasteiger partial charge in [-0.3, -0.25) is 9.59 Å². The Hall–Kier alpha value is -2.10. The molecule has 1 saturated heterocycles. The van der Waals surface area contributed by atoms with Gasteiger partial charge in [-0.25, -0.2) is 12.8 Å². The summed E-state index contributed by atoms with van der Waals surface area (Å²) in [6.45, 7) is -0.0221. The fourth-order valence-electron chi connectivity index (χ4n) is 2.87. The predicted octanol–water partition coefficient (Wildman–Crippen LogP) is 2.71. The molecule has 0 spiro atoms. The number of hydrogen-bond acceptors (Lipinski definition) is 6. The largest absolute Gasteiger partial charge is 0.457 e. The quantitative estimate of drug-likeness (QED) is 0.539. The Balaban J connectivity index is 1.51. The molecule has 1 aromatic carbocycles. The van der Waals surface area contributed by atoms with Crippen LogP contribution >= 0.6 is 11.3 Å². The van der Waals surface area contributed by atoms with Crippen LogP contribution in [0.1, 0.15) is 23.2 Å². The Morgan fingerprint density at radius 3 is 2.56 bits per heavy atom. The van der Waals surface area contributed by atoms with Crippen molar-refractivity contribution in [3.05, 3.63) is 53.2 Å². The van der Waals surface area contributed by atoms with Gasteiger partial charge in [0.15, 0.2) is 12.4 Å². The molecule has 0 aliphatic carbocycles. The van der Waals surface area contributed by atoms with Gasteiger partial charge in [-0.1, -0.05) is 18.2 Å². The highest BCUT2D eigenvalue weighted by Crippen LogP contribution is 2.26. The number of rotatable bonds is 6. The normalized spacial score (nSPS) is 16.2. The smallest absolute Gasteiger partial charge is 0.309 e. The topological polar surface area (TPSA) is 80.8 Å². The molecule has 1 aromatic heterocycles. The van der Waals surface area contributed by atoms with Crippen molar-refractivity contribution < 1.29 is 27.1 Å². The van der Waals surface area contributed by atoms with Crippen molar-refractivity contribution in [1.82, 2.24) is 4.31 Å². The molecule has 27 heavy (non-hydrogen) atoms. The number of hydrogen-bond donors (Lipinski definition) is 0. The summed E-state index contributed by atoms with van der Waals surface area (Å²) in [6, 6.07) is 8.40. The van der Waals surface area contributed by atoms with E-state index in [1.165, 1.54) is 22.5 Å². The van der Waals surface area contributed by atoms with E-state index in [0.717, 1.165) is 17.4 Å². The Morgan fingerprint density at radius 2 is 1.93 bits per heavy atom. The van der Waals surface area contributed by atoms with Gasteiger partial charge in [0.05, 0.1) is 5.92 Å². The minimum atomic E-state index is -3.52. The Kier molecular flexibility index (Phi) is 6.03. The number of carbonyl (C=O) groups excluding carboxylic acids is 2. The molecule has 3 rings (SSSR count). The molecule has 0 amide bonds. The summed E-state index contributed by atoms with van der Waals surface area (Å²) in [4.78, 5) is 24.1. The minimum absolute atomic E-state index is 0.139. The zero-order valence-electron chi connectivity index (χ0n) is 14.3. The number of sulfonamides is 1. The average Bonchev–Trinajstić information content (AvgIpc) is 3.21. The zero-order valence-corrected chi connectivity index (χ0v) is 16.0. The van der Waals surface area contributed by atoms with Crippen LogP contribution in [0.4, 0.5) is 4.39 Å². The first kappa shape index (κ1) is 19.7. The van der Waals surface area contributed by atoms with E-state index < -0.39 is 40.1 Å². The molecule has 9 heteroatoms. The van der Waals surface area contributed by atoms with Crippen molar-refractivity contribution in [2.24, 2.45) is 5.92 Å². The fourth-order valence-corrected chi connectivity index (χ4v) is 5.48. The summed E-state index contributed by atoms with van der Waals surface area (Å²) in [5.74, 6) is -2.01. The van der Waals surface area contributed by atoms with Crippen LogP contribution < -0.4 is 0 Å². The molecule has 2 aromatic rings. The van der Waals surface area contributed by atoms with Gasteiger partial charge in [-0.2, -0.15) is 4.31 Å². The van der Waals surface area contributed by atoms with Crippen LogP contribution in [0.3, 0.4) is 0 Å². The molecule has 1 aliphatic rings. The molecule has 0 saturated carbocycles. The minimum Gasteiger partial charge on any atom is -0.457 e. The van der Waals surface area contributed by atoms with Gasteiger partial charge in [-0.05, 0) is 36.4 Å². The third kappa shape index (κ3) is 4.60. The highest BCUT2D eigenvalue weighted by molar-refractivity contribution is 7.91. The zero-order chi connectivity index (χ0) is 19.4. The SMILES string of the molecule is O=C(COC(=O)C1CCN(S(=O)(=O)c2cccs2)CC1)c1cccc(F)c1. The first-order valence-corrected chi connectivity index (χ1v) is 10.7. The number of nitrogens with zero attached hydrogens (tertiary/aromatic N) is 1. The average molecular weight is 411 g/mol. The van der Waals surface area contributed by atoms with E-state index in [4.69, 9.17) is 4.74 Å². The standard InChI is InChI=1S/C18H18FNO5S2/c19-15-4-1-3-14(11-15)16(21)12-25-18(22)13-6-8-20(9-7-13)27(23,24)17-5-2-10-26-17/h1-5,10-11,13H,6-9,12H2. The number of ether oxygens (including phenoxy) is 1. The lowest BCUT2D eigenvalue weighted by Crippen LogP contribution is -2.40. The summed E-state index contributed by atoms with van der Waals surface area (Å²) < 4.78 is 44.8. The fraction of sp³-hybridized carbons (Fsp3) is 0.333. The number of piperidine rings is 1. The van der Waals surface area contributed by atoms with E-state index in [1.54, 1.807) is 17.5 Å². The molecule has 2 heterocycles. The highest BCUT2D eigenvalue weighted by atomic mass is 32.2. The van der Waals surface area contributed by atoms with Crippen molar-refractivity contribution in [2.45, 2.75) is 17.1 Å². The van der Waals surface area contributed by atoms with Crippen LogP contribution in [0.25, 0.3) is 0 Å². The Labute approximate surface area is 160 Å². The predicted molar refractivity (Wildman–Crippen MR) is 97.5 cm³/mol. The summed E-state index contributed by atoms with van der Waals surface area (Å²) in [7, 11) is -3.52. The number of thiophene rings is 1. The van der Waals surface area contributed by atoms with E-state index >= 15 is 0 Å². The molecule has 144 valence electrons. The van der Waals surface area contributed by atoms with Crippen LogP contribution in [-0.4, -0.2) is 44.2 Å². The summed E-state index contributed by atoms with van der Waals surface area (Å²) in [5, 5.41) is 1.70. The molecule has 6 nitrogen and oxygen atoms in total. The number of esters is 1. The highest BCUT2D eigenvalue weighted by Gasteiger charge is 2.33.